The highest BCUT2D eigenvalue weighted by Gasteiger charge is 2.25. The molecule has 8 heteroatoms. The van der Waals surface area contributed by atoms with Crippen LogP contribution in [0, 0.1) is 0 Å². The van der Waals surface area contributed by atoms with Crippen molar-refractivity contribution in [3.05, 3.63) is 66.5 Å². The molecule has 1 unspecified atom stereocenters. The molecule has 2 heterocycles. The Kier molecular flexibility index (Phi) is 6.69. The van der Waals surface area contributed by atoms with E-state index >= 15 is 0 Å². The molecule has 0 radical (unpaired) electrons. The van der Waals surface area contributed by atoms with Crippen molar-refractivity contribution in [1.29, 1.82) is 0 Å². The van der Waals surface area contributed by atoms with E-state index < -0.39 is 0 Å². The van der Waals surface area contributed by atoms with Crippen molar-refractivity contribution in [2.75, 3.05) is 37.9 Å². The maximum atomic E-state index is 13.2. The maximum Gasteiger partial charge on any atom is 0.253 e. The summed E-state index contributed by atoms with van der Waals surface area (Å²) in [6, 6.07) is 15.0. The van der Waals surface area contributed by atoms with Gasteiger partial charge in [-0.15, -0.1) is 0 Å². The Morgan fingerprint density at radius 1 is 1.00 bits per heavy atom. The molecule has 3 aromatic rings. The molecule has 1 aliphatic rings. The van der Waals surface area contributed by atoms with E-state index in [-0.39, 0.29) is 11.9 Å². The van der Waals surface area contributed by atoms with Crippen LogP contribution in [-0.2, 0) is 0 Å². The topological polar surface area (TPSA) is 88.6 Å². The molecule has 4 rings (SSSR count). The lowest BCUT2D eigenvalue weighted by Crippen LogP contribution is -2.45. The summed E-state index contributed by atoms with van der Waals surface area (Å²) in [5.74, 6) is 1.95. The number of hydrogen-bond donors (Lipinski definition) is 2. The van der Waals surface area contributed by atoms with Crippen LogP contribution in [0.3, 0.4) is 0 Å². The van der Waals surface area contributed by atoms with E-state index in [0.29, 0.717) is 18.1 Å². The van der Waals surface area contributed by atoms with E-state index in [0.717, 1.165) is 42.3 Å². The number of piperidine rings is 1. The summed E-state index contributed by atoms with van der Waals surface area (Å²) < 4.78 is 10.7. The third-order valence-corrected chi connectivity index (χ3v) is 5.36. The van der Waals surface area contributed by atoms with Gasteiger partial charge in [0.25, 0.3) is 5.91 Å². The zero-order valence-electron chi connectivity index (χ0n) is 18.2. The Labute approximate surface area is 187 Å². The summed E-state index contributed by atoms with van der Waals surface area (Å²) in [6.07, 6.45) is 5.25. The fourth-order valence-corrected chi connectivity index (χ4v) is 3.81. The van der Waals surface area contributed by atoms with Gasteiger partial charge in [-0.25, -0.2) is 9.97 Å². The molecule has 32 heavy (non-hydrogen) atoms. The third-order valence-electron chi connectivity index (χ3n) is 5.36. The highest BCUT2D eigenvalue weighted by molar-refractivity contribution is 5.95. The predicted octanol–water partition coefficient (Wildman–Crippen LogP) is 3.95. The number of methoxy groups -OCH3 is 2. The van der Waals surface area contributed by atoms with Gasteiger partial charge in [-0.05, 0) is 37.1 Å². The Hall–Kier alpha value is -3.81. The fraction of sp³-hybridized carbons (Fsp3) is 0.292. The molecule has 2 N–H and O–H groups in total. The molecule has 1 aromatic heterocycles. The van der Waals surface area contributed by atoms with Crippen LogP contribution in [0.2, 0.25) is 0 Å². The Bertz CT molecular complexity index is 1040. The van der Waals surface area contributed by atoms with Crippen LogP contribution in [0.15, 0.2) is 60.9 Å². The molecular weight excluding hydrogens is 406 g/mol. The number of nitrogens with zero attached hydrogens (tertiary/aromatic N) is 3. The summed E-state index contributed by atoms with van der Waals surface area (Å²) in [5.41, 5.74) is 2.32. The lowest BCUT2D eigenvalue weighted by atomic mass is 10.0. The highest BCUT2D eigenvalue weighted by atomic mass is 16.5. The molecule has 0 spiro atoms. The predicted molar refractivity (Wildman–Crippen MR) is 124 cm³/mol. The second kappa shape index (κ2) is 10.00. The molecule has 0 bridgehead atoms. The molecule has 166 valence electrons. The van der Waals surface area contributed by atoms with Crippen molar-refractivity contribution in [3.8, 4) is 11.5 Å². The average Bonchev–Trinajstić information content (AvgIpc) is 2.84. The van der Waals surface area contributed by atoms with Crippen LogP contribution in [0.25, 0.3) is 0 Å². The van der Waals surface area contributed by atoms with Gasteiger partial charge in [0.1, 0.15) is 11.5 Å². The van der Waals surface area contributed by atoms with Crippen molar-refractivity contribution in [2.24, 2.45) is 0 Å². The number of rotatable bonds is 7. The summed E-state index contributed by atoms with van der Waals surface area (Å²) >= 11 is 0. The maximum absolute atomic E-state index is 13.2. The van der Waals surface area contributed by atoms with E-state index in [1.54, 1.807) is 32.7 Å². The quantitative estimate of drug-likeness (QED) is 0.583. The van der Waals surface area contributed by atoms with Crippen molar-refractivity contribution in [3.63, 3.8) is 0 Å². The second-order valence-electron chi connectivity index (χ2n) is 7.61. The van der Waals surface area contributed by atoms with E-state index in [9.17, 15) is 4.79 Å². The van der Waals surface area contributed by atoms with Gasteiger partial charge in [-0.1, -0.05) is 6.07 Å². The van der Waals surface area contributed by atoms with Crippen molar-refractivity contribution < 1.29 is 14.3 Å². The van der Waals surface area contributed by atoms with Gasteiger partial charge in [0.05, 0.1) is 14.2 Å². The van der Waals surface area contributed by atoms with Crippen molar-refractivity contribution >= 4 is 23.2 Å². The second-order valence-corrected chi connectivity index (χ2v) is 7.61. The fourth-order valence-electron chi connectivity index (χ4n) is 3.81. The first kappa shape index (κ1) is 21.4. The lowest BCUT2D eigenvalue weighted by molar-refractivity contribution is 0.0715. The highest BCUT2D eigenvalue weighted by Crippen LogP contribution is 2.27. The zero-order chi connectivity index (χ0) is 22.3. The molecule has 2 aromatic carbocycles. The minimum Gasteiger partial charge on any atom is -0.497 e. The number of hydrogen-bond acceptors (Lipinski definition) is 7. The number of ether oxygens (including phenoxy) is 2. The van der Waals surface area contributed by atoms with E-state index in [4.69, 9.17) is 9.47 Å². The van der Waals surface area contributed by atoms with Gasteiger partial charge < -0.3 is 25.0 Å². The standard InChI is InChI=1S/C24H27N5O3/c1-31-21-13-20(14-22(15-21)32-2)27-19-8-4-11-29(16-19)23(30)17-6-3-7-18(12-17)28-24-25-9-5-10-26-24/h3,5-7,9-10,12-15,19,27H,4,8,11,16H2,1-2H3,(H,25,26,28). The first-order valence-electron chi connectivity index (χ1n) is 10.6. The Morgan fingerprint density at radius 3 is 2.47 bits per heavy atom. The number of carbonyl (C=O) groups excluding carboxylic acids is 1. The minimum absolute atomic E-state index is 0.0114. The largest absolute Gasteiger partial charge is 0.497 e. The minimum atomic E-state index is 0.0114. The number of aromatic nitrogens is 2. The Balaban J connectivity index is 1.43. The van der Waals surface area contributed by atoms with E-state index in [2.05, 4.69) is 20.6 Å². The molecular formula is C24H27N5O3. The molecule has 1 amide bonds. The van der Waals surface area contributed by atoms with Crippen LogP contribution in [0.1, 0.15) is 23.2 Å². The molecule has 1 fully saturated rings. The van der Waals surface area contributed by atoms with Crippen LogP contribution in [0.5, 0.6) is 11.5 Å². The summed E-state index contributed by atoms with van der Waals surface area (Å²) in [5, 5.41) is 6.66. The molecule has 1 aliphatic heterocycles. The van der Waals surface area contributed by atoms with Gasteiger partial charge in [-0.2, -0.15) is 0 Å². The number of likely N-dealkylation sites (tertiary alicyclic amines) is 1. The van der Waals surface area contributed by atoms with Gasteiger partial charge in [0, 0.05) is 66.7 Å². The molecule has 0 saturated carbocycles. The summed E-state index contributed by atoms with van der Waals surface area (Å²) in [7, 11) is 3.26. The number of amides is 1. The van der Waals surface area contributed by atoms with Crippen LogP contribution in [0.4, 0.5) is 17.3 Å². The number of nitrogens with one attached hydrogen (secondary N) is 2. The van der Waals surface area contributed by atoms with Crippen LogP contribution < -0.4 is 20.1 Å². The molecule has 1 atom stereocenters. The molecule has 8 nitrogen and oxygen atoms in total. The van der Waals surface area contributed by atoms with Crippen LogP contribution in [-0.4, -0.2) is 54.1 Å². The van der Waals surface area contributed by atoms with E-state index in [1.165, 1.54) is 0 Å². The summed E-state index contributed by atoms with van der Waals surface area (Å²) in [6.45, 7) is 1.36. The van der Waals surface area contributed by atoms with Crippen molar-refractivity contribution in [1.82, 2.24) is 14.9 Å². The van der Waals surface area contributed by atoms with Gasteiger partial charge in [-0.3, -0.25) is 4.79 Å². The normalized spacial score (nSPS) is 15.7. The van der Waals surface area contributed by atoms with Gasteiger partial charge in [0.15, 0.2) is 0 Å². The monoisotopic (exact) mass is 433 g/mol. The van der Waals surface area contributed by atoms with E-state index in [1.807, 2.05) is 47.4 Å². The zero-order valence-corrected chi connectivity index (χ0v) is 18.2. The molecule has 0 aliphatic carbocycles. The molecule has 1 saturated heterocycles. The van der Waals surface area contributed by atoms with Gasteiger partial charge in [0.2, 0.25) is 5.95 Å². The number of anilines is 3. The smallest absolute Gasteiger partial charge is 0.253 e. The third kappa shape index (κ3) is 5.26. The van der Waals surface area contributed by atoms with Crippen molar-refractivity contribution in [2.45, 2.75) is 18.9 Å². The summed E-state index contributed by atoms with van der Waals surface area (Å²) in [4.78, 5) is 23.4. The SMILES string of the molecule is COc1cc(NC2CCCN(C(=O)c3cccc(Nc4ncccn4)c3)C2)cc(OC)c1. The number of carbonyl (C=O) groups is 1. The number of benzene rings is 2. The first-order chi connectivity index (χ1) is 15.6. The average molecular weight is 434 g/mol. The Morgan fingerprint density at radius 2 is 1.75 bits per heavy atom. The van der Waals surface area contributed by atoms with Crippen LogP contribution >= 0.6 is 0 Å². The lowest BCUT2D eigenvalue weighted by Gasteiger charge is -2.34. The van der Waals surface area contributed by atoms with Gasteiger partial charge >= 0.3 is 0 Å². The first-order valence-corrected chi connectivity index (χ1v) is 10.6.